The Bertz CT molecular complexity index is 867. The third-order valence-electron chi connectivity index (χ3n) is 4.67. The zero-order valence-corrected chi connectivity index (χ0v) is 17.0. The maximum atomic E-state index is 13.0. The molecule has 0 radical (unpaired) electrons. The number of sulfonamides is 1. The summed E-state index contributed by atoms with van der Waals surface area (Å²) in [5, 5.41) is 12.5. The number of ether oxygens (including phenoxy) is 1. The van der Waals surface area contributed by atoms with Gasteiger partial charge in [-0.05, 0) is 44.0 Å². The number of carbonyl (C=O) groups is 2. The van der Waals surface area contributed by atoms with Crippen LogP contribution in [0, 0.1) is 13.8 Å². The highest BCUT2D eigenvalue weighted by Gasteiger charge is 2.45. The second kappa shape index (κ2) is 8.85. The quantitative estimate of drug-likeness (QED) is 0.504. The normalized spacial score (nSPS) is 21.1. The lowest BCUT2D eigenvalue weighted by molar-refractivity contribution is -0.157. The second-order valence-corrected chi connectivity index (χ2v) is 8.73. The number of hydrogen-bond acceptors (Lipinski definition) is 6. The van der Waals surface area contributed by atoms with Gasteiger partial charge in [-0.15, -0.1) is 6.58 Å². The molecule has 154 valence electrons. The van der Waals surface area contributed by atoms with Gasteiger partial charge < -0.3 is 15.2 Å². The molecule has 0 saturated carbocycles. The Kier molecular flexibility index (Phi) is 6.97. The van der Waals surface area contributed by atoms with Gasteiger partial charge in [-0.2, -0.15) is 4.31 Å². The molecule has 1 aliphatic heterocycles. The first kappa shape index (κ1) is 22.1. The number of amides is 1. The van der Waals surface area contributed by atoms with E-state index in [1.54, 1.807) is 13.0 Å². The summed E-state index contributed by atoms with van der Waals surface area (Å²) in [6.07, 6.45) is -0.707. The van der Waals surface area contributed by atoms with Crippen molar-refractivity contribution in [3.8, 4) is 0 Å². The van der Waals surface area contributed by atoms with E-state index in [0.29, 0.717) is 0 Å². The van der Waals surface area contributed by atoms with Crippen LogP contribution in [-0.4, -0.2) is 61.0 Å². The predicted molar refractivity (Wildman–Crippen MR) is 103 cm³/mol. The fourth-order valence-corrected chi connectivity index (χ4v) is 4.61. The van der Waals surface area contributed by atoms with Crippen molar-refractivity contribution in [2.24, 2.45) is 0 Å². The molecule has 1 fully saturated rings. The van der Waals surface area contributed by atoms with E-state index in [4.69, 9.17) is 4.74 Å². The lowest BCUT2D eigenvalue weighted by Crippen LogP contribution is -2.44. The Labute approximate surface area is 165 Å². The Hall–Kier alpha value is -2.23. The van der Waals surface area contributed by atoms with Crippen molar-refractivity contribution in [1.29, 1.82) is 0 Å². The molecule has 2 unspecified atom stereocenters. The van der Waals surface area contributed by atoms with Crippen LogP contribution in [0.25, 0.3) is 0 Å². The van der Waals surface area contributed by atoms with E-state index in [2.05, 4.69) is 11.9 Å². The van der Waals surface area contributed by atoms with Gasteiger partial charge in [0.2, 0.25) is 10.0 Å². The fraction of sp³-hybridized carbons (Fsp3) is 0.474. The van der Waals surface area contributed by atoms with E-state index in [9.17, 15) is 23.1 Å². The first-order chi connectivity index (χ1) is 13.1. The number of carbonyl (C=O) groups excluding carboxylic acids is 2. The van der Waals surface area contributed by atoms with Gasteiger partial charge in [0.1, 0.15) is 6.04 Å². The molecule has 9 heteroatoms. The maximum absolute atomic E-state index is 13.0. The number of β-amino-alcohol motifs (C(OH)–C–C–N with tert-alkyl or cyclic N) is 1. The number of aliphatic hydroxyl groups excluding tert-OH is 1. The van der Waals surface area contributed by atoms with Gasteiger partial charge in [0, 0.05) is 19.5 Å². The standard InChI is InChI=1S/C19H26N2O6S/c1-5-8-20-18(23)14(4)27-19(24)17-10-15(22)11-21(17)28(25,26)16-7-6-12(2)13(3)9-16/h5-7,9,14-15,17,22H,1,8,10-11H2,2-4H3,(H,20,23)/t14?,15?,17-/m0/s1. The molecule has 1 amide bonds. The molecular weight excluding hydrogens is 384 g/mol. The Balaban J connectivity index is 2.21. The number of hydrogen-bond donors (Lipinski definition) is 2. The third-order valence-corrected chi connectivity index (χ3v) is 6.54. The van der Waals surface area contributed by atoms with Gasteiger partial charge in [0.25, 0.3) is 5.91 Å². The number of aliphatic hydroxyl groups is 1. The van der Waals surface area contributed by atoms with E-state index < -0.39 is 40.1 Å². The number of rotatable bonds is 7. The molecule has 2 rings (SSSR count). The van der Waals surface area contributed by atoms with Crippen LogP contribution in [0.2, 0.25) is 0 Å². The van der Waals surface area contributed by atoms with Crippen molar-refractivity contribution < 1.29 is 27.9 Å². The summed E-state index contributed by atoms with van der Waals surface area (Å²) in [6.45, 7) is 8.53. The molecule has 0 aliphatic carbocycles. The minimum absolute atomic E-state index is 0.0410. The Morgan fingerprint density at radius 2 is 2.07 bits per heavy atom. The summed E-state index contributed by atoms with van der Waals surface area (Å²) >= 11 is 0. The molecular formula is C19H26N2O6S. The smallest absolute Gasteiger partial charge is 0.325 e. The van der Waals surface area contributed by atoms with E-state index in [1.807, 2.05) is 6.92 Å². The monoisotopic (exact) mass is 410 g/mol. The van der Waals surface area contributed by atoms with Crippen LogP contribution in [0.1, 0.15) is 24.5 Å². The summed E-state index contributed by atoms with van der Waals surface area (Å²) in [4.78, 5) is 24.5. The number of aryl methyl sites for hydroxylation is 2. The van der Waals surface area contributed by atoms with Crippen LogP contribution in [0.5, 0.6) is 0 Å². The predicted octanol–water partition coefficient (Wildman–Crippen LogP) is 0.661. The van der Waals surface area contributed by atoms with Crippen molar-refractivity contribution in [2.45, 2.75) is 50.3 Å². The topological polar surface area (TPSA) is 113 Å². The van der Waals surface area contributed by atoms with Gasteiger partial charge in [0.15, 0.2) is 6.10 Å². The summed E-state index contributed by atoms with van der Waals surface area (Å²) < 4.78 is 32.2. The first-order valence-corrected chi connectivity index (χ1v) is 10.4. The zero-order chi connectivity index (χ0) is 21.1. The summed E-state index contributed by atoms with van der Waals surface area (Å²) in [7, 11) is -4.02. The minimum atomic E-state index is -4.02. The molecule has 1 saturated heterocycles. The van der Waals surface area contributed by atoms with Gasteiger partial charge in [-0.25, -0.2) is 8.42 Å². The molecule has 1 heterocycles. The van der Waals surface area contributed by atoms with Crippen molar-refractivity contribution in [1.82, 2.24) is 9.62 Å². The SMILES string of the molecule is C=CCNC(=O)C(C)OC(=O)[C@@H]1CC(O)CN1S(=O)(=O)c1ccc(C)c(C)c1. The molecule has 0 spiro atoms. The number of esters is 1. The summed E-state index contributed by atoms with van der Waals surface area (Å²) in [5.74, 6) is -1.39. The molecule has 28 heavy (non-hydrogen) atoms. The van der Waals surface area contributed by atoms with Crippen molar-refractivity contribution >= 4 is 21.9 Å². The highest BCUT2D eigenvalue weighted by molar-refractivity contribution is 7.89. The van der Waals surface area contributed by atoms with Crippen LogP contribution in [0.15, 0.2) is 35.7 Å². The van der Waals surface area contributed by atoms with Gasteiger partial charge in [-0.3, -0.25) is 9.59 Å². The van der Waals surface area contributed by atoms with E-state index in [0.717, 1.165) is 15.4 Å². The molecule has 0 bridgehead atoms. The largest absolute Gasteiger partial charge is 0.451 e. The van der Waals surface area contributed by atoms with Crippen molar-refractivity contribution in [3.05, 3.63) is 42.0 Å². The van der Waals surface area contributed by atoms with E-state index in [1.165, 1.54) is 25.1 Å². The minimum Gasteiger partial charge on any atom is -0.451 e. The highest BCUT2D eigenvalue weighted by Crippen LogP contribution is 2.28. The Morgan fingerprint density at radius 1 is 1.39 bits per heavy atom. The lowest BCUT2D eigenvalue weighted by atomic mass is 10.1. The van der Waals surface area contributed by atoms with Crippen LogP contribution >= 0.6 is 0 Å². The number of nitrogens with zero attached hydrogens (tertiary/aromatic N) is 1. The van der Waals surface area contributed by atoms with E-state index >= 15 is 0 Å². The maximum Gasteiger partial charge on any atom is 0.325 e. The first-order valence-electron chi connectivity index (χ1n) is 8.94. The summed E-state index contributed by atoms with van der Waals surface area (Å²) in [6, 6.07) is 3.49. The molecule has 1 aromatic rings. The average molecular weight is 410 g/mol. The van der Waals surface area contributed by atoms with Crippen LogP contribution < -0.4 is 5.32 Å². The van der Waals surface area contributed by atoms with E-state index in [-0.39, 0.29) is 24.4 Å². The molecule has 1 aliphatic rings. The number of benzene rings is 1. The van der Waals surface area contributed by atoms with Gasteiger partial charge >= 0.3 is 5.97 Å². The summed E-state index contributed by atoms with van der Waals surface area (Å²) in [5.41, 5.74) is 1.74. The molecule has 8 nitrogen and oxygen atoms in total. The molecule has 0 aromatic heterocycles. The second-order valence-electron chi connectivity index (χ2n) is 6.84. The zero-order valence-electron chi connectivity index (χ0n) is 16.2. The van der Waals surface area contributed by atoms with Crippen LogP contribution in [0.4, 0.5) is 0 Å². The fourth-order valence-electron chi connectivity index (χ4n) is 2.90. The van der Waals surface area contributed by atoms with Gasteiger partial charge in [0.05, 0.1) is 11.0 Å². The van der Waals surface area contributed by atoms with Crippen molar-refractivity contribution in [2.75, 3.05) is 13.1 Å². The van der Waals surface area contributed by atoms with Gasteiger partial charge in [-0.1, -0.05) is 12.1 Å². The highest BCUT2D eigenvalue weighted by atomic mass is 32.2. The van der Waals surface area contributed by atoms with Crippen LogP contribution in [-0.2, 0) is 24.3 Å². The average Bonchev–Trinajstić information content (AvgIpc) is 3.04. The molecule has 3 atom stereocenters. The Morgan fingerprint density at radius 3 is 2.68 bits per heavy atom. The number of nitrogens with one attached hydrogen (secondary N) is 1. The van der Waals surface area contributed by atoms with Crippen LogP contribution in [0.3, 0.4) is 0 Å². The lowest BCUT2D eigenvalue weighted by Gasteiger charge is -2.24. The van der Waals surface area contributed by atoms with Crippen molar-refractivity contribution in [3.63, 3.8) is 0 Å². The third kappa shape index (κ3) is 4.78. The molecule has 2 N–H and O–H groups in total. The molecule has 1 aromatic carbocycles.